The van der Waals surface area contributed by atoms with E-state index in [-0.39, 0.29) is 0 Å². The van der Waals surface area contributed by atoms with Crippen molar-refractivity contribution in [2.24, 2.45) is 10.9 Å². The molecule has 3 rings (SSSR count). The molecule has 2 aliphatic heterocycles. The third kappa shape index (κ3) is 8.43. The minimum atomic E-state index is 0.721. The predicted molar refractivity (Wildman–Crippen MR) is 129 cm³/mol. The van der Waals surface area contributed by atoms with E-state index in [2.05, 4.69) is 65.3 Å². The number of hydrogen-bond donors (Lipinski definition) is 1. The highest BCUT2D eigenvalue weighted by atomic mass is 16.5. The molecule has 174 valence electrons. The van der Waals surface area contributed by atoms with Crippen LogP contribution >= 0.6 is 0 Å². The molecule has 0 bridgehead atoms. The first-order valence-electron chi connectivity index (χ1n) is 12.2. The molecule has 0 aromatic heterocycles. The monoisotopic (exact) mass is 429 g/mol. The van der Waals surface area contributed by atoms with Crippen LogP contribution in [0.5, 0.6) is 0 Å². The zero-order chi connectivity index (χ0) is 21.9. The van der Waals surface area contributed by atoms with Crippen LogP contribution in [0.25, 0.3) is 0 Å². The third-order valence-corrected chi connectivity index (χ3v) is 6.56. The second-order valence-electron chi connectivity index (χ2n) is 9.19. The molecule has 1 aromatic rings. The SMILES string of the molecule is CCNC(=NCc1ccc(CN2CCCN(C)CC2)cc1)N(C)CCC1CCOCC1. The van der Waals surface area contributed by atoms with Crippen molar-refractivity contribution >= 4 is 5.96 Å². The number of nitrogens with zero attached hydrogens (tertiary/aromatic N) is 4. The van der Waals surface area contributed by atoms with Crippen LogP contribution in [0, 0.1) is 5.92 Å². The van der Waals surface area contributed by atoms with Crippen molar-refractivity contribution in [1.29, 1.82) is 0 Å². The standard InChI is InChI=1S/C25H43N5O/c1-4-26-25(29(3)15-10-22-11-18-31-19-12-22)27-20-23-6-8-24(9-7-23)21-30-14-5-13-28(2)16-17-30/h6-9,22H,4-5,10-21H2,1-3H3,(H,26,27). The first-order chi connectivity index (χ1) is 15.1. The van der Waals surface area contributed by atoms with Gasteiger partial charge in [-0.05, 0) is 69.8 Å². The molecular weight excluding hydrogens is 386 g/mol. The van der Waals surface area contributed by atoms with Crippen molar-refractivity contribution in [3.05, 3.63) is 35.4 Å². The molecule has 0 saturated carbocycles. The van der Waals surface area contributed by atoms with Crippen LogP contribution in [0.2, 0.25) is 0 Å². The summed E-state index contributed by atoms with van der Waals surface area (Å²) in [5, 5.41) is 3.46. The van der Waals surface area contributed by atoms with E-state index in [0.717, 1.165) is 57.8 Å². The Kier molecular flexibility index (Phi) is 10.1. The van der Waals surface area contributed by atoms with Crippen molar-refractivity contribution in [3.63, 3.8) is 0 Å². The summed E-state index contributed by atoms with van der Waals surface area (Å²) in [4.78, 5) is 12.2. The van der Waals surface area contributed by atoms with Gasteiger partial charge >= 0.3 is 0 Å². The molecule has 2 aliphatic rings. The van der Waals surface area contributed by atoms with Crippen molar-refractivity contribution in [1.82, 2.24) is 20.0 Å². The summed E-state index contributed by atoms with van der Waals surface area (Å²) in [5.41, 5.74) is 2.67. The molecule has 6 nitrogen and oxygen atoms in total. The van der Waals surface area contributed by atoms with Gasteiger partial charge in [0.25, 0.3) is 0 Å². The fourth-order valence-corrected chi connectivity index (χ4v) is 4.42. The largest absolute Gasteiger partial charge is 0.381 e. The molecule has 0 aliphatic carbocycles. The van der Waals surface area contributed by atoms with Crippen LogP contribution in [0.4, 0.5) is 0 Å². The van der Waals surface area contributed by atoms with E-state index in [0.29, 0.717) is 0 Å². The minimum Gasteiger partial charge on any atom is -0.381 e. The lowest BCUT2D eigenvalue weighted by molar-refractivity contribution is 0.0625. The second-order valence-corrected chi connectivity index (χ2v) is 9.19. The summed E-state index contributed by atoms with van der Waals surface area (Å²) in [7, 11) is 4.38. The van der Waals surface area contributed by atoms with Gasteiger partial charge in [0.15, 0.2) is 5.96 Å². The maximum absolute atomic E-state index is 5.49. The molecule has 31 heavy (non-hydrogen) atoms. The molecule has 0 amide bonds. The predicted octanol–water partition coefficient (Wildman–Crippen LogP) is 3.04. The summed E-state index contributed by atoms with van der Waals surface area (Å²) in [6, 6.07) is 9.05. The van der Waals surface area contributed by atoms with E-state index >= 15 is 0 Å². The highest BCUT2D eigenvalue weighted by molar-refractivity contribution is 5.79. The van der Waals surface area contributed by atoms with E-state index in [4.69, 9.17) is 9.73 Å². The zero-order valence-electron chi connectivity index (χ0n) is 20.0. The van der Waals surface area contributed by atoms with Crippen molar-refractivity contribution in [3.8, 4) is 0 Å². The summed E-state index contributed by atoms with van der Waals surface area (Å²) in [6.45, 7) is 12.4. The van der Waals surface area contributed by atoms with Gasteiger partial charge in [-0.25, -0.2) is 4.99 Å². The smallest absolute Gasteiger partial charge is 0.193 e. The molecule has 0 spiro atoms. The second kappa shape index (κ2) is 13.0. The Morgan fingerprint density at radius 1 is 1.10 bits per heavy atom. The molecule has 2 heterocycles. The van der Waals surface area contributed by atoms with Crippen molar-refractivity contribution in [2.45, 2.75) is 45.7 Å². The molecule has 6 heteroatoms. The van der Waals surface area contributed by atoms with E-state index in [9.17, 15) is 0 Å². The number of hydrogen-bond acceptors (Lipinski definition) is 4. The number of rotatable bonds is 8. The third-order valence-electron chi connectivity index (χ3n) is 6.56. The molecule has 1 aromatic carbocycles. The molecular formula is C25H43N5O. The fourth-order valence-electron chi connectivity index (χ4n) is 4.42. The Morgan fingerprint density at radius 2 is 1.84 bits per heavy atom. The number of ether oxygens (including phenoxy) is 1. The van der Waals surface area contributed by atoms with Crippen LogP contribution in [-0.2, 0) is 17.8 Å². The van der Waals surface area contributed by atoms with Crippen LogP contribution in [-0.4, -0.2) is 87.2 Å². The van der Waals surface area contributed by atoms with Gasteiger partial charge in [0.2, 0.25) is 0 Å². The van der Waals surface area contributed by atoms with Crippen LogP contribution in [0.3, 0.4) is 0 Å². The van der Waals surface area contributed by atoms with Crippen LogP contribution < -0.4 is 5.32 Å². The van der Waals surface area contributed by atoms with E-state index in [1.54, 1.807) is 0 Å². The van der Waals surface area contributed by atoms with Crippen molar-refractivity contribution in [2.75, 3.05) is 66.6 Å². The zero-order valence-corrected chi connectivity index (χ0v) is 20.0. The van der Waals surface area contributed by atoms with Gasteiger partial charge in [0.1, 0.15) is 0 Å². The van der Waals surface area contributed by atoms with Gasteiger partial charge < -0.3 is 19.9 Å². The molecule has 0 radical (unpaired) electrons. The molecule has 2 fully saturated rings. The molecule has 0 unspecified atom stereocenters. The number of aliphatic imine (C=N–C) groups is 1. The topological polar surface area (TPSA) is 43.3 Å². The van der Waals surface area contributed by atoms with Gasteiger partial charge in [0.05, 0.1) is 6.54 Å². The Balaban J connectivity index is 1.49. The lowest BCUT2D eigenvalue weighted by atomic mass is 9.96. The Morgan fingerprint density at radius 3 is 2.58 bits per heavy atom. The van der Waals surface area contributed by atoms with E-state index < -0.39 is 0 Å². The molecule has 1 N–H and O–H groups in total. The summed E-state index contributed by atoms with van der Waals surface area (Å²) in [5.74, 6) is 1.79. The maximum atomic E-state index is 5.49. The maximum Gasteiger partial charge on any atom is 0.193 e. The van der Waals surface area contributed by atoms with Crippen LogP contribution in [0.1, 0.15) is 43.7 Å². The number of benzene rings is 1. The average Bonchev–Trinajstić information content (AvgIpc) is 3.00. The highest BCUT2D eigenvalue weighted by Crippen LogP contribution is 2.18. The Hall–Kier alpha value is -1.63. The first kappa shape index (κ1) is 24.0. The number of nitrogens with one attached hydrogen (secondary N) is 1. The minimum absolute atomic E-state index is 0.721. The lowest BCUT2D eigenvalue weighted by Crippen LogP contribution is -2.40. The van der Waals surface area contributed by atoms with Crippen molar-refractivity contribution < 1.29 is 4.74 Å². The first-order valence-corrected chi connectivity index (χ1v) is 12.2. The summed E-state index contributed by atoms with van der Waals surface area (Å²) >= 11 is 0. The Labute approximate surface area is 189 Å². The molecule has 0 atom stereocenters. The number of likely N-dealkylation sites (N-methyl/N-ethyl adjacent to an activating group) is 1. The lowest BCUT2D eigenvalue weighted by Gasteiger charge is -2.26. The normalized spacial score (nSPS) is 19.9. The quantitative estimate of drug-likeness (QED) is 0.508. The molecule has 2 saturated heterocycles. The summed E-state index contributed by atoms with van der Waals surface area (Å²) < 4.78 is 5.49. The van der Waals surface area contributed by atoms with Gasteiger partial charge in [-0.2, -0.15) is 0 Å². The van der Waals surface area contributed by atoms with Gasteiger partial charge in [-0.3, -0.25) is 4.90 Å². The van der Waals surface area contributed by atoms with E-state index in [1.807, 2.05) is 0 Å². The highest BCUT2D eigenvalue weighted by Gasteiger charge is 2.15. The van der Waals surface area contributed by atoms with Gasteiger partial charge in [0, 0.05) is 53.0 Å². The summed E-state index contributed by atoms with van der Waals surface area (Å²) in [6.07, 6.45) is 4.87. The van der Waals surface area contributed by atoms with Crippen LogP contribution in [0.15, 0.2) is 29.3 Å². The van der Waals surface area contributed by atoms with Gasteiger partial charge in [-0.15, -0.1) is 0 Å². The fraction of sp³-hybridized carbons (Fsp3) is 0.720. The van der Waals surface area contributed by atoms with E-state index in [1.165, 1.54) is 56.4 Å². The average molecular weight is 430 g/mol. The number of guanidine groups is 1. The van der Waals surface area contributed by atoms with Gasteiger partial charge in [-0.1, -0.05) is 24.3 Å². The Bertz CT molecular complexity index is 656.